The second kappa shape index (κ2) is 6.24. The number of carbonyl (C=O) groups is 1. The van der Waals surface area contributed by atoms with Gasteiger partial charge in [0.2, 0.25) is 16.5 Å². The molecule has 2 aromatic rings. The van der Waals surface area contributed by atoms with Crippen LogP contribution in [0.5, 0.6) is 0 Å². The monoisotopic (exact) mass is 312 g/mol. The molecule has 0 fully saturated rings. The van der Waals surface area contributed by atoms with Gasteiger partial charge in [-0.05, 0) is 46.8 Å². The molecule has 0 spiro atoms. The number of nitrogens with one attached hydrogen (secondary N) is 1. The van der Waals surface area contributed by atoms with E-state index in [-0.39, 0.29) is 23.0 Å². The summed E-state index contributed by atoms with van der Waals surface area (Å²) in [7, 11) is 0. The van der Waals surface area contributed by atoms with E-state index in [1.165, 1.54) is 10.2 Å². The Hall–Kier alpha value is -1.59. The average molecular weight is 313 g/mol. The summed E-state index contributed by atoms with van der Waals surface area (Å²) >= 11 is 11.4. The Morgan fingerprint density at radius 1 is 1.30 bits per heavy atom. The van der Waals surface area contributed by atoms with E-state index in [2.05, 4.69) is 29.2 Å². The molecule has 0 saturated heterocycles. The summed E-state index contributed by atoms with van der Waals surface area (Å²) in [6.07, 6.45) is 0. The number of carbonyl (C=O) groups excluding carboxylic acids is 1. The summed E-state index contributed by atoms with van der Waals surface area (Å²) in [6.45, 7) is 4.19. The van der Waals surface area contributed by atoms with Gasteiger partial charge in [0.1, 0.15) is 6.54 Å². The zero-order valence-corrected chi connectivity index (χ0v) is 12.6. The fourth-order valence-electron chi connectivity index (χ4n) is 1.69. The number of hydrogen-bond acceptors (Lipinski definition) is 3. The smallest absolute Gasteiger partial charge is 0.246 e. The predicted octanol–water partition coefficient (Wildman–Crippen LogP) is 3.35. The van der Waals surface area contributed by atoms with Crippen LogP contribution in [0.4, 0.5) is 5.69 Å². The number of halogens is 2. The van der Waals surface area contributed by atoms with E-state index in [1.807, 2.05) is 24.3 Å². The standard InChI is InChI=1S/C13H14Cl2N4O/c1-8(2)9-3-5-10(6-4-9)16-11(20)7-19-13(15)17-12(14)18-19/h3-6,8H,7H2,1-2H3,(H,16,20). The van der Waals surface area contributed by atoms with Gasteiger partial charge in [-0.15, -0.1) is 5.10 Å². The molecular weight excluding hydrogens is 299 g/mol. The van der Waals surface area contributed by atoms with Crippen molar-refractivity contribution in [1.29, 1.82) is 0 Å². The van der Waals surface area contributed by atoms with Gasteiger partial charge in [-0.3, -0.25) is 4.79 Å². The zero-order valence-electron chi connectivity index (χ0n) is 11.1. The van der Waals surface area contributed by atoms with Crippen molar-refractivity contribution in [3.8, 4) is 0 Å². The number of amides is 1. The zero-order chi connectivity index (χ0) is 14.7. The van der Waals surface area contributed by atoms with Gasteiger partial charge in [-0.25, -0.2) is 4.68 Å². The Kier molecular flexibility index (Phi) is 4.62. The number of aromatic nitrogens is 3. The van der Waals surface area contributed by atoms with Gasteiger partial charge in [0.25, 0.3) is 0 Å². The largest absolute Gasteiger partial charge is 0.324 e. The molecule has 0 aliphatic rings. The molecule has 0 atom stereocenters. The Morgan fingerprint density at radius 3 is 2.45 bits per heavy atom. The highest BCUT2D eigenvalue weighted by Crippen LogP contribution is 2.17. The summed E-state index contributed by atoms with van der Waals surface area (Å²) in [6, 6.07) is 7.70. The lowest BCUT2D eigenvalue weighted by Crippen LogP contribution is -2.19. The summed E-state index contributed by atoms with van der Waals surface area (Å²) < 4.78 is 1.24. The molecule has 2 rings (SSSR count). The molecule has 106 valence electrons. The van der Waals surface area contributed by atoms with Crippen LogP contribution in [0.25, 0.3) is 0 Å². The fraction of sp³-hybridized carbons (Fsp3) is 0.308. The van der Waals surface area contributed by atoms with Gasteiger partial charge in [0.05, 0.1) is 0 Å². The van der Waals surface area contributed by atoms with Gasteiger partial charge in [0.15, 0.2) is 0 Å². The first-order chi connectivity index (χ1) is 9.45. The van der Waals surface area contributed by atoms with Crippen molar-refractivity contribution < 1.29 is 4.79 Å². The van der Waals surface area contributed by atoms with Crippen LogP contribution in [-0.2, 0) is 11.3 Å². The Labute approximate surface area is 126 Å². The van der Waals surface area contributed by atoms with E-state index >= 15 is 0 Å². The third kappa shape index (κ3) is 3.71. The van der Waals surface area contributed by atoms with Gasteiger partial charge in [-0.2, -0.15) is 4.98 Å². The van der Waals surface area contributed by atoms with Crippen molar-refractivity contribution >= 4 is 34.8 Å². The maximum absolute atomic E-state index is 11.9. The molecule has 0 aliphatic carbocycles. The molecule has 5 nitrogen and oxygen atoms in total. The lowest BCUT2D eigenvalue weighted by molar-refractivity contribution is -0.116. The van der Waals surface area contributed by atoms with Crippen LogP contribution < -0.4 is 5.32 Å². The molecule has 0 saturated carbocycles. The third-order valence-corrected chi connectivity index (χ3v) is 3.19. The fourth-order valence-corrected chi connectivity index (χ4v) is 2.08. The number of rotatable bonds is 4. The average Bonchev–Trinajstić information content (AvgIpc) is 2.68. The Balaban J connectivity index is 1.99. The predicted molar refractivity (Wildman–Crippen MR) is 79.2 cm³/mol. The summed E-state index contributed by atoms with van der Waals surface area (Å²) in [5.74, 6) is 0.210. The summed E-state index contributed by atoms with van der Waals surface area (Å²) in [5, 5.41) is 6.67. The van der Waals surface area contributed by atoms with Crippen LogP contribution in [0.1, 0.15) is 25.3 Å². The highest BCUT2D eigenvalue weighted by atomic mass is 35.5. The molecule has 1 amide bonds. The van der Waals surface area contributed by atoms with Gasteiger partial charge < -0.3 is 5.32 Å². The molecule has 20 heavy (non-hydrogen) atoms. The minimum atomic E-state index is -0.245. The molecule has 1 aromatic heterocycles. The topological polar surface area (TPSA) is 59.8 Å². The minimum Gasteiger partial charge on any atom is -0.324 e. The molecule has 1 heterocycles. The second-order valence-electron chi connectivity index (χ2n) is 4.63. The quantitative estimate of drug-likeness (QED) is 0.941. The number of hydrogen-bond donors (Lipinski definition) is 1. The minimum absolute atomic E-state index is 0.0177. The first-order valence-electron chi connectivity index (χ1n) is 6.11. The van der Waals surface area contributed by atoms with Crippen molar-refractivity contribution in [1.82, 2.24) is 14.8 Å². The molecule has 0 bridgehead atoms. The maximum Gasteiger partial charge on any atom is 0.246 e. The molecule has 0 radical (unpaired) electrons. The van der Waals surface area contributed by atoms with Crippen LogP contribution in [0.15, 0.2) is 24.3 Å². The molecule has 0 unspecified atom stereocenters. The van der Waals surface area contributed by atoms with Crippen molar-refractivity contribution in [2.75, 3.05) is 5.32 Å². The van der Waals surface area contributed by atoms with Gasteiger partial charge >= 0.3 is 0 Å². The second-order valence-corrected chi connectivity index (χ2v) is 5.31. The molecule has 0 aliphatic heterocycles. The normalized spacial score (nSPS) is 10.8. The summed E-state index contributed by atoms with van der Waals surface area (Å²) in [4.78, 5) is 15.6. The van der Waals surface area contributed by atoms with Gasteiger partial charge in [0, 0.05) is 5.69 Å². The van der Waals surface area contributed by atoms with E-state index in [4.69, 9.17) is 23.2 Å². The summed E-state index contributed by atoms with van der Waals surface area (Å²) in [5.41, 5.74) is 1.94. The van der Waals surface area contributed by atoms with E-state index in [9.17, 15) is 4.79 Å². The SMILES string of the molecule is CC(C)c1ccc(NC(=O)Cn2nc(Cl)nc2Cl)cc1. The Morgan fingerprint density at radius 2 is 1.95 bits per heavy atom. The number of anilines is 1. The van der Waals surface area contributed by atoms with Crippen LogP contribution in [0, 0.1) is 0 Å². The Bertz CT molecular complexity index is 607. The van der Waals surface area contributed by atoms with Crippen molar-refractivity contribution in [2.24, 2.45) is 0 Å². The van der Waals surface area contributed by atoms with E-state index in [0.717, 1.165) is 5.69 Å². The van der Waals surface area contributed by atoms with E-state index in [1.54, 1.807) is 0 Å². The molecule has 1 aromatic carbocycles. The number of benzene rings is 1. The van der Waals surface area contributed by atoms with Crippen LogP contribution in [0.3, 0.4) is 0 Å². The van der Waals surface area contributed by atoms with Gasteiger partial charge in [-0.1, -0.05) is 26.0 Å². The van der Waals surface area contributed by atoms with Crippen LogP contribution in [-0.4, -0.2) is 20.7 Å². The lowest BCUT2D eigenvalue weighted by atomic mass is 10.0. The van der Waals surface area contributed by atoms with Crippen molar-refractivity contribution in [2.45, 2.75) is 26.3 Å². The lowest BCUT2D eigenvalue weighted by Gasteiger charge is -2.08. The third-order valence-electron chi connectivity index (χ3n) is 2.76. The molecule has 1 N–H and O–H groups in total. The highest BCUT2D eigenvalue weighted by molar-refractivity contribution is 6.31. The highest BCUT2D eigenvalue weighted by Gasteiger charge is 2.10. The molecule has 7 heteroatoms. The molecular formula is C13H14Cl2N4O. The van der Waals surface area contributed by atoms with Crippen molar-refractivity contribution in [3.63, 3.8) is 0 Å². The van der Waals surface area contributed by atoms with Crippen LogP contribution in [0.2, 0.25) is 10.6 Å². The van der Waals surface area contributed by atoms with Crippen molar-refractivity contribution in [3.05, 3.63) is 40.4 Å². The van der Waals surface area contributed by atoms with Crippen LogP contribution >= 0.6 is 23.2 Å². The van der Waals surface area contributed by atoms with E-state index in [0.29, 0.717) is 5.92 Å². The maximum atomic E-state index is 11.9. The first kappa shape index (κ1) is 14.8. The first-order valence-corrected chi connectivity index (χ1v) is 6.87. The van der Waals surface area contributed by atoms with E-state index < -0.39 is 0 Å². The number of nitrogens with zero attached hydrogens (tertiary/aromatic N) is 3.